The Balaban J connectivity index is 2.05. The molecule has 2 nitrogen and oxygen atoms in total. The minimum Gasteiger partial charge on any atom is -0.271 e. The van der Waals surface area contributed by atoms with Gasteiger partial charge in [0.25, 0.3) is 0 Å². The van der Waals surface area contributed by atoms with Crippen molar-refractivity contribution < 1.29 is 0 Å². The fourth-order valence-electron chi connectivity index (χ4n) is 2.18. The van der Waals surface area contributed by atoms with Gasteiger partial charge in [-0.05, 0) is 24.8 Å². The molecule has 0 aliphatic rings. The number of hydrogen-bond donors (Lipinski definition) is 0. The van der Waals surface area contributed by atoms with Crippen LogP contribution >= 0.6 is 23.2 Å². The second kappa shape index (κ2) is 6.44. The quantitative estimate of drug-likeness (QED) is 0.740. The predicted molar refractivity (Wildman–Crippen MR) is 81.0 cm³/mol. The monoisotopic (exact) mass is 296 g/mol. The van der Waals surface area contributed by atoms with Gasteiger partial charge in [0.05, 0.1) is 21.8 Å². The van der Waals surface area contributed by atoms with E-state index in [0.717, 1.165) is 41.2 Å². The van der Waals surface area contributed by atoms with Crippen molar-refractivity contribution in [2.45, 2.75) is 31.6 Å². The lowest BCUT2D eigenvalue weighted by Crippen LogP contribution is -2.01. The summed E-state index contributed by atoms with van der Waals surface area (Å²) in [7, 11) is 1.94. The lowest BCUT2D eigenvalue weighted by molar-refractivity contribution is 0.669. The summed E-state index contributed by atoms with van der Waals surface area (Å²) in [4.78, 5) is 0. The molecule has 0 N–H and O–H groups in total. The largest absolute Gasteiger partial charge is 0.271 e. The van der Waals surface area contributed by atoms with Crippen LogP contribution in [0.15, 0.2) is 30.3 Å². The SMILES string of the molecule is CCc1nn(C)c(CCC(Cl)c2ccccc2)c1Cl. The molecule has 0 saturated heterocycles. The number of rotatable bonds is 5. The highest BCUT2D eigenvalue weighted by Crippen LogP contribution is 2.28. The summed E-state index contributed by atoms with van der Waals surface area (Å²) in [6.45, 7) is 2.06. The minimum atomic E-state index is 0.0113. The molecule has 0 aliphatic carbocycles. The molecule has 102 valence electrons. The van der Waals surface area contributed by atoms with Gasteiger partial charge in [-0.3, -0.25) is 4.68 Å². The molecule has 2 rings (SSSR count). The average molecular weight is 297 g/mol. The van der Waals surface area contributed by atoms with Crippen molar-refractivity contribution in [3.63, 3.8) is 0 Å². The summed E-state index contributed by atoms with van der Waals surface area (Å²) in [5.41, 5.74) is 3.18. The second-order valence-corrected chi connectivity index (χ2v) is 5.51. The van der Waals surface area contributed by atoms with Crippen molar-refractivity contribution in [3.8, 4) is 0 Å². The van der Waals surface area contributed by atoms with E-state index in [0.29, 0.717) is 0 Å². The number of benzene rings is 1. The van der Waals surface area contributed by atoms with Gasteiger partial charge in [-0.1, -0.05) is 48.9 Å². The van der Waals surface area contributed by atoms with Crippen LogP contribution in [-0.4, -0.2) is 9.78 Å². The molecule has 0 bridgehead atoms. The summed E-state index contributed by atoms with van der Waals surface area (Å²) in [5.74, 6) is 0. The van der Waals surface area contributed by atoms with E-state index in [2.05, 4.69) is 24.2 Å². The summed E-state index contributed by atoms with van der Waals surface area (Å²) >= 11 is 12.8. The molecule has 0 radical (unpaired) electrons. The average Bonchev–Trinajstić information content (AvgIpc) is 2.72. The molecule has 1 atom stereocenters. The number of aryl methyl sites for hydroxylation is 2. The number of alkyl halides is 1. The van der Waals surface area contributed by atoms with E-state index in [-0.39, 0.29) is 5.38 Å². The van der Waals surface area contributed by atoms with Gasteiger partial charge < -0.3 is 0 Å². The molecule has 1 heterocycles. The van der Waals surface area contributed by atoms with Crippen LogP contribution in [0.4, 0.5) is 0 Å². The van der Waals surface area contributed by atoms with Crippen molar-refractivity contribution in [2.24, 2.45) is 7.05 Å². The first kappa shape index (κ1) is 14.4. The van der Waals surface area contributed by atoms with Crippen molar-refractivity contribution in [2.75, 3.05) is 0 Å². The highest BCUT2D eigenvalue weighted by atomic mass is 35.5. The van der Waals surface area contributed by atoms with Crippen LogP contribution in [0.3, 0.4) is 0 Å². The molecule has 4 heteroatoms. The number of halogens is 2. The Kier molecular flexibility index (Phi) is 4.89. The van der Waals surface area contributed by atoms with Crippen LogP contribution in [-0.2, 0) is 19.9 Å². The molecule has 1 unspecified atom stereocenters. The van der Waals surface area contributed by atoms with E-state index in [1.54, 1.807) is 0 Å². The maximum atomic E-state index is 6.43. The molecule has 0 aliphatic heterocycles. The minimum absolute atomic E-state index is 0.0113. The van der Waals surface area contributed by atoms with Crippen LogP contribution in [0.1, 0.15) is 35.7 Å². The molecular weight excluding hydrogens is 279 g/mol. The zero-order chi connectivity index (χ0) is 13.8. The van der Waals surface area contributed by atoms with Crippen LogP contribution in [0.5, 0.6) is 0 Å². The van der Waals surface area contributed by atoms with E-state index in [9.17, 15) is 0 Å². The molecule has 0 amide bonds. The molecule has 2 aromatic rings. The highest BCUT2D eigenvalue weighted by molar-refractivity contribution is 6.31. The molecule has 0 fully saturated rings. The molecule has 0 saturated carbocycles. The van der Waals surface area contributed by atoms with Gasteiger partial charge in [-0.15, -0.1) is 11.6 Å². The van der Waals surface area contributed by atoms with Gasteiger partial charge >= 0.3 is 0 Å². The summed E-state index contributed by atoms with van der Waals surface area (Å²) in [6, 6.07) is 10.1. The Hall–Kier alpha value is -0.990. The van der Waals surface area contributed by atoms with E-state index in [1.807, 2.05) is 29.9 Å². The Morgan fingerprint density at radius 2 is 1.95 bits per heavy atom. The Morgan fingerprint density at radius 3 is 2.53 bits per heavy atom. The van der Waals surface area contributed by atoms with Gasteiger partial charge in [0.2, 0.25) is 0 Å². The smallest absolute Gasteiger partial charge is 0.0849 e. The van der Waals surface area contributed by atoms with Crippen LogP contribution in [0, 0.1) is 0 Å². The lowest BCUT2D eigenvalue weighted by Gasteiger charge is -2.10. The maximum Gasteiger partial charge on any atom is 0.0849 e. The number of hydrogen-bond acceptors (Lipinski definition) is 1. The van der Waals surface area contributed by atoms with Gasteiger partial charge in [0.1, 0.15) is 0 Å². The van der Waals surface area contributed by atoms with Gasteiger partial charge in [-0.25, -0.2) is 0 Å². The van der Waals surface area contributed by atoms with Crippen molar-refractivity contribution in [1.29, 1.82) is 0 Å². The van der Waals surface area contributed by atoms with Crippen molar-refractivity contribution in [1.82, 2.24) is 9.78 Å². The van der Waals surface area contributed by atoms with Crippen LogP contribution < -0.4 is 0 Å². The lowest BCUT2D eigenvalue weighted by atomic mass is 10.1. The fourth-order valence-corrected chi connectivity index (χ4v) is 2.83. The van der Waals surface area contributed by atoms with Crippen molar-refractivity contribution >= 4 is 23.2 Å². The first-order valence-corrected chi connectivity index (χ1v) is 7.34. The number of nitrogens with zero attached hydrogens (tertiary/aromatic N) is 2. The Morgan fingerprint density at radius 1 is 1.26 bits per heavy atom. The molecule has 1 aromatic carbocycles. The summed E-state index contributed by atoms with van der Waals surface area (Å²) in [5, 5.41) is 5.23. The van der Waals surface area contributed by atoms with E-state index in [1.165, 1.54) is 0 Å². The van der Waals surface area contributed by atoms with Gasteiger partial charge in [-0.2, -0.15) is 5.10 Å². The van der Waals surface area contributed by atoms with E-state index in [4.69, 9.17) is 23.2 Å². The summed E-state index contributed by atoms with van der Waals surface area (Å²) < 4.78 is 1.87. The molecule has 19 heavy (non-hydrogen) atoms. The first-order chi connectivity index (χ1) is 9.13. The second-order valence-electron chi connectivity index (χ2n) is 4.60. The van der Waals surface area contributed by atoms with E-state index < -0.39 is 0 Å². The topological polar surface area (TPSA) is 17.8 Å². The zero-order valence-corrected chi connectivity index (χ0v) is 12.7. The maximum absolute atomic E-state index is 6.43. The Labute approximate surface area is 124 Å². The normalized spacial score (nSPS) is 12.6. The molecule has 1 aromatic heterocycles. The van der Waals surface area contributed by atoms with Crippen LogP contribution in [0.2, 0.25) is 5.02 Å². The third kappa shape index (κ3) is 3.31. The third-order valence-electron chi connectivity index (χ3n) is 3.30. The highest BCUT2D eigenvalue weighted by Gasteiger charge is 2.15. The number of aromatic nitrogens is 2. The standard InChI is InChI=1S/C15H18Cl2N2/c1-3-13-15(17)14(19(2)18-13)10-9-12(16)11-7-5-4-6-8-11/h4-8,12H,3,9-10H2,1-2H3. The fraction of sp³-hybridized carbons (Fsp3) is 0.400. The first-order valence-electron chi connectivity index (χ1n) is 6.52. The van der Waals surface area contributed by atoms with Crippen LogP contribution in [0.25, 0.3) is 0 Å². The summed E-state index contributed by atoms with van der Waals surface area (Å²) in [6.07, 6.45) is 2.55. The Bertz CT molecular complexity index is 535. The zero-order valence-electron chi connectivity index (χ0n) is 11.2. The van der Waals surface area contributed by atoms with Gasteiger partial charge in [0, 0.05) is 7.05 Å². The van der Waals surface area contributed by atoms with Crippen molar-refractivity contribution in [3.05, 3.63) is 52.3 Å². The predicted octanol–water partition coefficient (Wildman–Crippen LogP) is 4.55. The molecule has 0 spiro atoms. The van der Waals surface area contributed by atoms with Gasteiger partial charge in [0.15, 0.2) is 0 Å². The third-order valence-corrected chi connectivity index (χ3v) is 4.21. The van der Waals surface area contributed by atoms with E-state index >= 15 is 0 Å². The molecular formula is C15H18Cl2N2.